The maximum atomic E-state index is 12.7. The van der Waals surface area contributed by atoms with Crippen LogP contribution in [0, 0.1) is 13.8 Å². The number of nitrogens with zero attached hydrogens (tertiary/aromatic N) is 1. The highest BCUT2D eigenvalue weighted by Gasteiger charge is 2.31. The second-order valence-electron chi connectivity index (χ2n) is 9.09. The van der Waals surface area contributed by atoms with Crippen molar-refractivity contribution in [3.05, 3.63) is 45.3 Å². The molecule has 0 radical (unpaired) electrons. The van der Waals surface area contributed by atoms with Crippen molar-refractivity contribution in [2.45, 2.75) is 64.8 Å². The normalized spacial score (nSPS) is 15.2. The van der Waals surface area contributed by atoms with E-state index >= 15 is 0 Å². The Morgan fingerprint density at radius 1 is 1.06 bits per heavy atom. The van der Waals surface area contributed by atoms with Crippen LogP contribution in [0.5, 0.6) is 0 Å². The lowest BCUT2D eigenvalue weighted by molar-refractivity contribution is -0.119. The van der Waals surface area contributed by atoms with Gasteiger partial charge in [-0.05, 0) is 69.1 Å². The maximum Gasteiger partial charge on any atom is 0.251 e. The highest BCUT2D eigenvalue weighted by Crippen LogP contribution is 2.38. The van der Waals surface area contributed by atoms with E-state index in [0.29, 0.717) is 23.2 Å². The lowest BCUT2D eigenvalue weighted by Crippen LogP contribution is -2.37. The molecule has 0 aliphatic heterocycles. The number of hydrogen-bond donors (Lipinski definition) is 3. The van der Waals surface area contributed by atoms with E-state index in [0.717, 1.165) is 65.8 Å². The molecule has 8 heteroatoms. The molecular formula is C25H32N4O3S. The zero-order valence-electron chi connectivity index (χ0n) is 19.3. The predicted octanol–water partition coefficient (Wildman–Crippen LogP) is 3.77. The summed E-state index contributed by atoms with van der Waals surface area (Å²) in [7, 11) is 0. The summed E-state index contributed by atoms with van der Waals surface area (Å²) < 4.78 is 0. The number of primary amides is 1. The molecule has 0 atom stereocenters. The van der Waals surface area contributed by atoms with Crippen LogP contribution in [0.3, 0.4) is 0 Å². The van der Waals surface area contributed by atoms with Crippen molar-refractivity contribution in [2.75, 3.05) is 23.7 Å². The lowest BCUT2D eigenvalue weighted by atomic mass is 9.95. The Balaban J connectivity index is 1.35. The molecule has 0 spiro atoms. The third-order valence-electron chi connectivity index (χ3n) is 6.45. The number of anilines is 2. The van der Waals surface area contributed by atoms with Crippen LogP contribution in [-0.2, 0) is 22.4 Å². The van der Waals surface area contributed by atoms with E-state index in [2.05, 4.69) is 15.5 Å². The largest absolute Gasteiger partial charge is 0.365 e. The molecule has 0 bridgehead atoms. The molecule has 1 saturated carbocycles. The highest BCUT2D eigenvalue weighted by molar-refractivity contribution is 7.17. The summed E-state index contributed by atoms with van der Waals surface area (Å²) in [6, 6.07) is 6.28. The van der Waals surface area contributed by atoms with Crippen molar-refractivity contribution in [1.82, 2.24) is 4.90 Å². The molecule has 0 saturated heterocycles. The van der Waals surface area contributed by atoms with E-state index in [4.69, 9.17) is 5.73 Å². The van der Waals surface area contributed by atoms with E-state index in [-0.39, 0.29) is 24.8 Å². The number of carbonyl (C=O) groups excluding carboxylic acids is 3. The minimum atomic E-state index is -0.479. The van der Waals surface area contributed by atoms with Gasteiger partial charge in [0.1, 0.15) is 5.00 Å². The van der Waals surface area contributed by atoms with Crippen molar-refractivity contribution in [2.24, 2.45) is 5.73 Å². The topological polar surface area (TPSA) is 105 Å². The number of carbonyl (C=O) groups is 3. The van der Waals surface area contributed by atoms with Crippen LogP contribution in [0.1, 0.15) is 64.0 Å². The molecule has 33 heavy (non-hydrogen) atoms. The van der Waals surface area contributed by atoms with Gasteiger partial charge in [-0.25, -0.2) is 0 Å². The molecule has 2 aromatic rings. The van der Waals surface area contributed by atoms with E-state index in [9.17, 15) is 14.4 Å². The van der Waals surface area contributed by atoms with Gasteiger partial charge in [-0.1, -0.05) is 18.2 Å². The van der Waals surface area contributed by atoms with Gasteiger partial charge in [0.05, 0.1) is 12.1 Å². The predicted molar refractivity (Wildman–Crippen MR) is 132 cm³/mol. The third kappa shape index (κ3) is 5.62. The van der Waals surface area contributed by atoms with Crippen molar-refractivity contribution >= 4 is 39.7 Å². The first-order chi connectivity index (χ1) is 15.8. The Morgan fingerprint density at radius 2 is 1.76 bits per heavy atom. The molecular weight excluding hydrogens is 436 g/mol. The molecule has 4 N–H and O–H groups in total. The van der Waals surface area contributed by atoms with Crippen LogP contribution in [-0.4, -0.2) is 41.8 Å². The van der Waals surface area contributed by atoms with Crippen molar-refractivity contribution in [1.29, 1.82) is 0 Å². The monoisotopic (exact) mass is 468 g/mol. The van der Waals surface area contributed by atoms with Crippen molar-refractivity contribution < 1.29 is 14.4 Å². The molecule has 1 heterocycles. The van der Waals surface area contributed by atoms with Gasteiger partial charge in [0.2, 0.25) is 11.8 Å². The van der Waals surface area contributed by atoms with E-state index in [1.54, 1.807) is 0 Å². The second-order valence-corrected chi connectivity index (χ2v) is 10.2. The minimum absolute atomic E-state index is 0.0679. The Hall–Kier alpha value is -2.71. The number of aryl methyl sites for hydroxylation is 3. The number of hydrogen-bond acceptors (Lipinski definition) is 5. The van der Waals surface area contributed by atoms with Gasteiger partial charge in [0.25, 0.3) is 5.91 Å². The molecule has 2 aliphatic rings. The van der Waals surface area contributed by atoms with E-state index in [1.165, 1.54) is 11.3 Å². The van der Waals surface area contributed by atoms with Gasteiger partial charge < -0.3 is 16.4 Å². The first-order valence-electron chi connectivity index (χ1n) is 11.7. The quantitative estimate of drug-likeness (QED) is 0.521. The zero-order chi connectivity index (χ0) is 23.5. The number of fused-ring (bicyclic) bond motifs is 1. The van der Waals surface area contributed by atoms with Crippen LogP contribution in [0.4, 0.5) is 10.7 Å². The molecule has 0 unspecified atom stereocenters. The lowest BCUT2D eigenvalue weighted by Gasteiger charge is -2.22. The van der Waals surface area contributed by atoms with Crippen LogP contribution < -0.4 is 16.4 Å². The second kappa shape index (κ2) is 10.1. The average Bonchev–Trinajstić information content (AvgIpc) is 3.54. The Bertz CT molecular complexity index is 1050. The van der Waals surface area contributed by atoms with Gasteiger partial charge in [-0.3, -0.25) is 19.3 Å². The zero-order valence-corrected chi connectivity index (χ0v) is 20.1. The molecule has 1 aromatic heterocycles. The molecule has 4 rings (SSSR count). The number of rotatable bonds is 9. The number of amides is 3. The van der Waals surface area contributed by atoms with Gasteiger partial charge in [-0.2, -0.15) is 0 Å². The molecule has 1 aromatic carbocycles. The van der Waals surface area contributed by atoms with Crippen molar-refractivity contribution in [3.8, 4) is 0 Å². The van der Waals surface area contributed by atoms with Gasteiger partial charge >= 0.3 is 0 Å². The molecule has 7 nitrogen and oxygen atoms in total. The van der Waals surface area contributed by atoms with Crippen LogP contribution >= 0.6 is 11.3 Å². The number of benzene rings is 1. The molecule has 2 aliphatic carbocycles. The summed E-state index contributed by atoms with van der Waals surface area (Å²) in [5.74, 6) is -0.703. The fraction of sp³-hybridized carbons (Fsp3) is 0.480. The van der Waals surface area contributed by atoms with Crippen LogP contribution in [0.2, 0.25) is 0 Å². The Kier molecular flexibility index (Phi) is 7.14. The van der Waals surface area contributed by atoms with Crippen LogP contribution in [0.25, 0.3) is 0 Å². The van der Waals surface area contributed by atoms with Crippen LogP contribution in [0.15, 0.2) is 18.2 Å². The van der Waals surface area contributed by atoms with Gasteiger partial charge in [-0.15, -0.1) is 11.3 Å². The third-order valence-corrected chi connectivity index (χ3v) is 7.66. The van der Waals surface area contributed by atoms with Gasteiger partial charge in [0, 0.05) is 29.6 Å². The summed E-state index contributed by atoms with van der Waals surface area (Å²) in [5.41, 5.74) is 10.0. The smallest absolute Gasteiger partial charge is 0.251 e. The summed E-state index contributed by atoms with van der Waals surface area (Å²) in [6.45, 7) is 4.71. The fourth-order valence-electron chi connectivity index (χ4n) is 4.55. The molecule has 1 fully saturated rings. The number of nitrogens with one attached hydrogen (secondary N) is 2. The Labute approximate surface area is 198 Å². The summed E-state index contributed by atoms with van der Waals surface area (Å²) in [5, 5.41) is 6.53. The molecule has 176 valence electrons. The highest BCUT2D eigenvalue weighted by atomic mass is 32.1. The van der Waals surface area contributed by atoms with E-state index in [1.807, 2.05) is 32.0 Å². The first-order valence-corrected chi connectivity index (χ1v) is 12.5. The molecule has 3 amide bonds. The minimum Gasteiger partial charge on any atom is -0.365 e. The summed E-state index contributed by atoms with van der Waals surface area (Å²) >= 11 is 1.48. The van der Waals surface area contributed by atoms with Crippen molar-refractivity contribution in [3.63, 3.8) is 0 Å². The van der Waals surface area contributed by atoms with Gasteiger partial charge in [0.15, 0.2) is 0 Å². The summed E-state index contributed by atoms with van der Waals surface area (Å²) in [4.78, 5) is 40.7. The summed E-state index contributed by atoms with van der Waals surface area (Å²) in [6.07, 6.45) is 6.25. The SMILES string of the molecule is Cc1cccc(C)c1NC(=O)CN(CCC(=O)Nc1sc2c(c1C(N)=O)CCCC2)C1CC1. The van der Waals surface area contributed by atoms with E-state index < -0.39 is 5.91 Å². The fourth-order valence-corrected chi connectivity index (χ4v) is 5.87. The number of thiophene rings is 1. The number of para-hydroxylation sites is 1. The first kappa shape index (κ1) is 23.4. The maximum absolute atomic E-state index is 12.7. The number of nitrogens with two attached hydrogens (primary N) is 1. The standard InChI is InChI=1S/C25H32N4O3S/c1-15-6-5-7-16(2)23(15)27-21(31)14-29(17-10-11-17)13-12-20(30)28-25-22(24(26)32)18-8-3-4-9-19(18)33-25/h5-7,17H,3-4,8-14H2,1-2H3,(H2,26,32)(H,27,31)(H,28,30). The average molecular weight is 469 g/mol. The Morgan fingerprint density at radius 3 is 2.42 bits per heavy atom.